The van der Waals surface area contributed by atoms with Crippen LogP contribution < -0.4 is 30.3 Å². The summed E-state index contributed by atoms with van der Waals surface area (Å²) in [6, 6.07) is 7.85. The van der Waals surface area contributed by atoms with Gasteiger partial charge < -0.3 is 44.2 Å². The molecule has 2 aromatic carbocycles. The normalized spacial score (nSPS) is 18.9. The average Bonchev–Trinajstić information content (AvgIpc) is 3.87. The molecule has 0 bridgehead atoms. The minimum Gasteiger partial charge on any atom is -0.493 e. The van der Waals surface area contributed by atoms with Crippen molar-refractivity contribution in [2.45, 2.75) is 116 Å². The van der Waals surface area contributed by atoms with Gasteiger partial charge in [0.1, 0.15) is 25.3 Å². The number of alkyl carbamates (subject to hydrolysis) is 1. The van der Waals surface area contributed by atoms with Gasteiger partial charge in [-0.25, -0.2) is 14.5 Å². The molecule has 17 heteroatoms. The molecular formula is C44H62BrN5O10Si. The van der Waals surface area contributed by atoms with Gasteiger partial charge in [-0.3, -0.25) is 14.4 Å². The minimum absolute atomic E-state index is 0.000571. The fourth-order valence-electron chi connectivity index (χ4n) is 7.17. The van der Waals surface area contributed by atoms with E-state index in [1.54, 1.807) is 50.2 Å². The van der Waals surface area contributed by atoms with Gasteiger partial charge in [-0.2, -0.15) is 0 Å². The smallest absolute Gasteiger partial charge is 0.416 e. The van der Waals surface area contributed by atoms with Gasteiger partial charge >= 0.3 is 12.2 Å². The largest absolute Gasteiger partial charge is 0.493 e. The molecule has 61 heavy (non-hydrogen) atoms. The molecule has 334 valence electrons. The molecule has 1 aliphatic carbocycles. The van der Waals surface area contributed by atoms with Crippen LogP contribution in [0, 0.1) is 11.3 Å². The highest BCUT2D eigenvalue weighted by molar-refractivity contribution is 9.09. The molecule has 3 N–H and O–H groups in total. The molecule has 1 saturated heterocycles. The Kier molecular flexibility index (Phi) is 15.3. The number of hydrogen-bond acceptors (Lipinski definition) is 10. The monoisotopic (exact) mass is 927 g/mol. The quantitative estimate of drug-likeness (QED) is 0.0617. The Bertz CT molecular complexity index is 1950. The number of amides is 5. The number of ether oxygens (including phenoxy) is 4. The van der Waals surface area contributed by atoms with Gasteiger partial charge in [0.05, 0.1) is 31.0 Å². The number of fused-ring (bicyclic) bond motifs is 2. The zero-order valence-corrected chi connectivity index (χ0v) is 39.4. The molecule has 1 saturated carbocycles. The zero-order chi connectivity index (χ0) is 44.9. The number of carbonyl (C=O) groups excluding carboxylic acids is 5. The van der Waals surface area contributed by atoms with Crippen molar-refractivity contribution >= 4 is 65.5 Å². The lowest BCUT2D eigenvalue weighted by Crippen LogP contribution is -2.58. The van der Waals surface area contributed by atoms with E-state index in [9.17, 15) is 24.0 Å². The van der Waals surface area contributed by atoms with Crippen molar-refractivity contribution in [3.63, 3.8) is 0 Å². The van der Waals surface area contributed by atoms with Crippen molar-refractivity contribution < 1.29 is 47.3 Å². The summed E-state index contributed by atoms with van der Waals surface area (Å²) in [4.78, 5) is 70.9. The summed E-state index contributed by atoms with van der Waals surface area (Å²) in [6.07, 6.45) is 2.58. The number of rotatable bonds is 17. The lowest BCUT2D eigenvalue weighted by atomic mass is 10.0. The van der Waals surface area contributed by atoms with E-state index in [-0.39, 0.29) is 35.5 Å². The SMILES string of the molecule is C=CCOC(=O)NC(C(=O)NC(C)C(=O)Nc1ccc(COC(=O)N2c3cc(OCCCBr)c(OC)cc3C(=O)N3CC4(CC4)C[C@H]3C2O[Si](C)(C)C(C)(C)C)cc1)C(C)C. The van der Waals surface area contributed by atoms with Crippen molar-refractivity contribution in [1.29, 1.82) is 0 Å². The Hall–Kier alpha value is -4.61. The topological polar surface area (TPSA) is 174 Å². The highest BCUT2D eigenvalue weighted by Gasteiger charge is 2.59. The molecule has 5 amide bonds. The number of carbonyl (C=O) groups is 5. The van der Waals surface area contributed by atoms with Gasteiger partial charge in [0.15, 0.2) is 26.0 Å². The van der Waals surface area contributed by atoms with Crippen molar-refractivity contribution in [3.05, 3.63) is 60.2 Å². The van der Waals surface area contributed by atoms with Gasteiger partial charge in [0.2, 0.25) is 11.8 Å². The molecule has 5 rings (SSSR count). The maximum Gasteiger partial charge on any atom is 0.416 e. The summed E-state index contributed by atoms with van der Waals surface area (Å²) >= 11 is 3.45. The number of anilines is 2. The number of methoxy groups -OCH3 is 1. The first-order chi connectivity index (χ1) is 28.7. The van der Waals surface area contributed by atoms with Crippen LogP contribution >= 0.6 is 15.9 Å². The second-order valence-electron chi connectivity index (χ2n) is 18.0. The van der Waals surface area contributed by atoms with Crippen LogP contribution in [0.4, 0.5) is 21.0 Å². The van der Waals surface area contributed by atoms with E-state index in [2.05, 4.69) is 72.3 Å². The highest BCUT2D eigenvalue weighted by Crippen LogP contribution is 2.57. The molecule has 0 radical (unpaired) electrons. The number of nitrogens with zero attached hydrogens (tertiary/aromatic N) is 2. The van der Waals surface area contributed by atoms with Crippen LogP contribution in [0.2, 0.25) is 18.1 Å². The van der Waals surface area contributed by atoms with Gasteiger partial charge in [-0.15, -0.1) is 0 Å². The highest BCUT2D eigenvalue weighted by atomic mass is 79.9. The first-order valence-electron chi connectivity index (χ1n) is 20.8. The van der Waals surface area contributed by atoms with E-state index >= 15 is 0 Å². The van der Waals surface area contributed by atoms with E-state index in [4.69, 9.17) is 23.4 Å². The van der Waals surface area contributed by atoms with Crippen LogP contribution in [-0.4, -0.2) is 99.7 Å². The molecule has 15 nitrogen and oxygen atoms in total. The number of halogens is 1. The molecule has 0 aromatic heterocycles. The Balaban J connectivity index is 1.37. The van der Waals surface area contributed by atoms with Crippen LogP contribution in [0.5, 0.6) is 11.5 Å². The molecule has 2 aromatic rings. The first-order valence-corrected chi connectivity index (χ1v) is 24.9. The van der Waals surface area contributed by atoms with E-state index in [1.165, 1.54) is 25.0 Å². The Morgan fingerprint density at radius 3 is 2.30 bits per heavy atom. The molecule has 2 aliphatic heterocycles. The van der Waals surface area contributed by atoms with Crippen LogP contribution in [-0.2, 0) is 30.1 Å². The second-order valence-corrected chi connectivity index (χ2v) is 23.5. The minimum atomic E-state index is -2.57. The molecule has 3 aliphatic rings. The van der Waals surface area contributed by atoms with Crippen LogP contribution in [0.1, 0.15) is 83.1 Å². The predicted molar refractivity (Wildman–Crippen MR) is 239 cm³/mol. The van der Waals surface area contributed by atoms with E-state index in [0.717, 1.165) is 24.6 Å². The summed E-state index contributed by atoms with van der Waals surface area (Å²) in [5.74, 6) is -0.711. The van der Waals surface area contributed by atoms with Gasteiger partial charge in [0, 0.05) is 23.6 Å². The van der Waals surface area contributed by atoms with Crippen molar-refractivity contribution in [2.24, 2.45) is 11.3 Å². The third kappa shape index (κ3) is 11.3. The van der Waals surface area contributed by atoms with Crippen LogP contribution in [0.3, 0.4) is 0 Å². The van der Waals surface area contributed by atoms with Gasteiger partial charge in [0.25, 0.3) is 5.91 Å². The summed E-state index contributed by atoms with van der Waals surface area (Å²) in [6.45, 7) is 20.1. The summed E-state index contributed by atoms with van der Waals surface area (Å²) in [5.41, 5.74) is 1.73. The molecule has 2 fully saturated rings. The number of benzene rings is 2. The Labute approximate surface area is 368 Å². The van der Waals surface area contributed by atoms with E-state index in [0.29, 0.717) is 53.6 Å². The van der Waals surface area contributed by atoms with Gasteiger partial charge in [-0.05, 0) is 85.8 Å². The van der Waals surface area contributed by atoms with E-state index < -0.39 is 56.7 Å². The van der Waals surface area contributed by atoms with Gasteiger partial charge in [-0.1, -0.05) is 75.3 Å². The lowest BCUT2D eigenvalue weighted by Gasteiger charge is -2.44. The fraction of sp³-hybridized carbons (Fsp3) is 0.568. The third-order valence-corrected chi connectivity index (χ3v) is 17.0. The van der Waals surface area contributed by atoms with E-state index in [1.807, 2.05) is 4.90 Å². The Morgan fingerprint density at radius 1 is 1.02 bits per heavy atom. The molecule has 2 heterocycles. The predicted octanol–water partition coefficient (Wildman–Crippen LogP) is 7.74. The summed E-state index contributed by atoms with van der Waals surface area (Å²) in [7, 11) is -1.04. The van der Waals surface area contributed by atoms with Crippen LogP contribution in [0.15, 0.2) is 49.1 Å². The second kappa shape index (κ2) is 19.6. The van der Waals surface area contributed by atoms with Crippen molar-refractivity contribution in [3.8, 4) is 11.5 Å². The average molecular weight is 929 g/mol. The maximum atomic E-state index is 14.7. The zero-order valence-electron chi connectivity index (χ0n) is 36.9. The van der Waals surface area contributed by atoms with Crippen LogP contribution in [0.25, 0.3) is 0 Å². The summed E-state index contributed by atoms with van der Waals surface area (Å²) < 4.78 is 30.1. The standard InChI is InChI=1S/C44H62BrN5O10Si/c1-11-20-58-41(54)48-36(27(2)3)38(52)46-28(4)37(51)47-30-15-13-29(14-16-30)25-59-42(55)50-32-23-35(57-21-12-19-45)34(56-8)22-31(32)39(53)49-26-44(17-18-44)24-33(49)40(50)60-61(9,10)43(5,6)7/h11,13-16,22-23,27-28,33,36,40H,1,12,17-21,24-26H2,2-10H3,(H,46,52)(H,47,51)(H,48,54)/t28?,33-,36?,40?/m0/s1. The van der Waals surface area contributed by atoms with Crippen molar-refractivity contribution in [1.82, 2.24) is 15.5 Å². The summed E-state index contributed by atoms with van der Waals surface area (Å²) in [5, 5.41) is 8.49. The van der Waals surface area contributed by atoms with Crippen molar-refractivity contribution in [2.75, 3.05) is 42.4 Å². The fourth-order valence-corrected chi connectivity index (χ4v) is 8.62. The first kappa shape index (κ1) is 47.4. The molecular weight excluding hydrogens is 866 g/mol. The molecule has 4 atom stereocenters. The maximum absolute atomic E-state index is 14.7. The number of nitrogens with one attached hydrogen (secondary N) is 3. The number of hydrogen-bond donors (Lipinski definition) is 3. The molecule has 1 spiro atoms. The Morgan fingerprint density at radius 2 is 1.70 bits per heavy atom. The lowest BCUT2D eigenvalue weighted by molar-refractivity contribution is -0.128. The number of alkyl halides is 1. The molecule has 3 unspecified atom stereocenters. The third-order valence-electron chi connectivity index (χ3n) is 12.0.